The van der Waals surface area contributed by atoms with Gasteiger partial charge in [-0.1, -0.05) is 42.5 Å². The second-order valence-electron chi connectivity index (χ2n) is 4.44. The number of rotatable bonds is 3. The SMILES string of the molecule is CSc1ccc(-c2nc(N)nc(-c3ccccc3)n2)cc1. The number of benzene rings is 2. The predicted octanol–water partition coefficient (Wildman–Crippen LogP) is 3.51. The fourth-order valence-electron chi connectivity index (χ4n) is 1.98. The van der Waals surface area contributed by atoms with Gasteiger partial charge in [-0.05, 0) is 18.4 Å². The van der Waals surface area contributed by atoms with Crippen molar-refractivity contribution in [1.82, 2.24) is 15.0 Å². The van der Waals surface area contributed by atoms with Gasteiger partial charge in [0.15, 0.2) is 11.6 Å². The maximum absolute atomic E-state index is 5.82. The summed E-state index contributed by atoms with van der Waals surface area (Å²) in [7, 11) is 0. The van der Waals surface area contributed by atoms with Crippen molar-refractivity contribution in [3.05, 3.63) is 54.6 Å². The Morgan fingerprint density at radius 1 is 0.762 bits per heavy atom. The van der Waals surface area contributed by atoms with Gasteiger partial charge < -0.3 is 5.73 Å². The van der Waals surface area contributed by atoms with Crippen molar-refractivity contribution in [3.63, 3.8) is 0 Å². The van der Waals surface area contributed by atoms with Crippen LogP contribution in [0.4, 0.5) is 5.95 Å². The first-order valence-electron chi connectivity index (χ1n) is 6.47. The number of aromatic nitrogens is 3. The van der Waals surface area contributed by atoms with E-state index in [-0.39, 0.29) is 5.95 Å². The Labute approximate surface area is 127 Å². The van der Waals surface area contributed by atoms with E-state index in [4.69, 9.17) is 5.73 Å². The van der Waals surface area contributed by atoms with E-state index in [2.05, 4.69) is 15.0 Å². The third-order valence-electron chi connectivity index (χ3n) is 3.03. The second-order valence-corrected chi connectivity index (χ2v) is 5.32. The van der Waals surface area contributed by atoms with Gasteiger partial charge in [0.1, 0.15) is 0 Å². The fourth-order valence-corrected chi connectivity index (χ4v) is 2.39. The van der Waals surface area contributed by atoms with Crippen LogP contribution in [-0.4, -0.2) is 21.2 Å². The van der Waals surface area contributed by atoms with Crippen molar-refractivity contribution in [2.75, 3.05) is 12.0 Å². The number of nitrogens with zero attached hydrogens (tertiary/aromatic N) is 3. The summed E-state index contributed by atoms with van der Waals surface area (Å²) in [6.45, 7) is 0. The maximum atomic E-state index is 5.82. The molecule has 0 atom stereocenters. The van der Waals surface area contributed by atoms with Crippen molar-refractivity contribution < 1.29 is 0 Å². The summed E-state index contributed by atoms with van der Waals surface area (Å²) in [4.78, 5) is 14.2. The molecule has 0 saturated carbocycles. The van der Waals surface area contributed by atoms with Crippen molar-refractivity contribution in [2.45, 2.75) is 4.90 Å². The standard InChI is InChI=1S/C16H14N4S/c1-21-13-9-7-12(8-10-13)15-18-14(19-16(17)20-15)11-5-3-2-4-6-11/h2-10H,1H3,(H2,17,18,19,20). The highest BCUT2D eigenvalue weighted by atomic mass is 32.2. The van der Waals surface area contributed by atoms with E-state index >= 15 is 0 Å². The molecule has 4 nitrogen and oxygen atoms in total. The first-order valence-corrected chi connectivity index (χ1v) is 7.70. The lowest BCUT2D eigenvalue weighted by Gasteiger charge is -2.05. The van der Waals surface area contributed by atoms with Crippen LogP contribution in [-0.2, 0) is 0 Å². The maximum Gasteiger partial charge on any atom is 0.224 e. The van der Waals surface area contributed by atoms with Crippen molar-refractivity contribution in [1.29, 1.82) is 0 Å². The van der Waals surface area contributed by atoms with E-state index < -0.39 is 0 Å². The van der Waals surface area contributed by atoms with Gasteiger partial charge in [-0.3, -0.25) is 0 Å². The van der Waals surface area contributed by atoms with Crippen LogP contribution in [0.2, 0.25) is 0 Å². The molecule has 1 heterocycles. The number of anilines is 1. The molecular weight excluding hydrogens is 280 g/mol. The monoisotopic (exact) mass is 294 g/mol. The molecule has 0 fully saturated rings. The highest BCUT2D eigenvalue weighted by Gasteiger charge is 2.08. The zero-order valence-electron chi connectivity index (χ0n) is 11.5. The smallest absolute Gasteiger partial charge is 0.224 e. The molecular formula is C16H14N4S. The molecule has 0 aliphatic heterocycles. The molecule has 0 unspecified atom stereocenters. The summed E-state index contributed by atoms with van der Waals surface area (Å²) in [5, 5.41) is 0. The third kappa shape index (κ3) is 3.03. The average molecular weight is 294 g/mol. The molecule has 0 spiro atoms. The Hall–Kier alpha value is -2.40. The van der Waals surface area contributed by atoms with E-state index in [0.717, 1.165) is 11.1 Å². The van der Waals surface area contributed by atoms with Gasteiger partial charge in [0.25, 0.3) is 0 Å². The van der Waals surface area contributed by atoms with E-state index in [1.54, 1.807) is 11.8 Å². The largest absolute Gasteiger partial charge is 0.368 e. The average Bonchev–Trinajstić information content (AvgIpc) is 2.55. The van der Waals surface area contributed by atoms with Gasteiger partial charge in [-0.15, -0.1) is 11.8 Å². The number of thioether (sulfide) groups is 1. The minimum atomic E-state index is 0.229. The molecule has 21 heavy (non-hydrogen) atoms. The Bertz CT molecular complexity index is 742. The van der Waals surface area contributed by atoms with Crippen LogP contribution in [0.25, 0.3) is 22.8 Å². The second kappa shape index (κ2) is 5.93. The lowest BCUT2D eigenvalue weighted by molar-refractivity contribution is 1.08. The molecule has 3 rings (SSSR count). The first kappa shape index (κ1) is 13.6. The highest BCUT2D eigenvalue weighted by Crippen LogP contribution is 2.23. The molecule has 0 amide bonds. The van der Waals surface area contributed by atoms with Crippen LogP contribution in [0.3, 0.4) is 0 Å². The molecule has 0 saturated heterocycles. The summed E-state index contributed by atoms with van der Waals surface area (Å²) in [6.07, 6.45) is 2.05. The topological polar surface area (TPSA) is 64.7 Å². The summed E-state index contributed by atoms with van der Waals surface area (Å²) < 4.78 is 0. The van der Waals surface area contributed by atoms with Gasteiger partial charge in [-0.25, -0.2) is 4.98 Å². The molecule has 0 bridgehead atoms. The molecule has 3 aromatic rings. The van der Waals surface area contributed by atoms with Crippen LogP contribution >= 0.6 is 11.8 Å². The quantitative estimate of drug-likeness (QED) is 0.749. The minimum absolute atomic E-state index is 0.229. The number of nitrogens with two attached hydrogens (primary N) is 1. The summed E-state index contributed by atoms with van der Waals surface area (Å²) in [5.74, 6) is 1.41. The molecule has 2 N–H and O–H groups in total. The van der Waals surface area contributed by atoms with Crippen LogP contribution in [0.15, 0.2) is 59.5 Å². The lowest BCUT2D eigenvalue weighted by atomic mass is 10.2. The predicted molar refractivity (Wildman–Crippen MR) is 86.9 cm³/mol. The van der Waals surface area contributed by atoms with Crippen molar-refractivity contribution >= 4 is 17.7 Å². The van der Waals surface area contributed by atoms with Crippen LogP contribution < -0.4 is 5.73 Å². The van der Waals surface area contributed by atoms with Crippen LogP contribution in [0, 0.1) is 0 Å². The Morgan fingerprint density at radius 3 is 1.90 bits per heavy atom. The summed E-state index contributed by atoms with van der Waals surface area (Å²) in [5.41, 5.74) is 7.68. The normalized spacial score (nSPS) is 10.5. The van der Waals surface area contributed by atoms with Crippen molar-refractivity contribution in [2.24, 2.45) is 0 Å². The van der Waals surface area contributed by atoms with E-state index in [0.29, 0.717) is 11.6 Å². The zero-order valence-corrected chi connectivity index (χ0v) is 12.3. The lowest BCUT2D eigenvalue weighted by Crippen LogP contribution is -2.02. The molecule has 104 valence electrons. The molecule has 1 aromatic heterocycles. The number of hydrogen-bond acceptors (Lipinski definition) is 5. The van der Waals surface area contributed by atoms with Crippen LogP contribution in [0.5, 0.6) is 0 Å². The van der Waals surface area contributed by atoms with Crippen LogP contribution in [0.1, 0.15) is 0 Å². The summed E-state index contributed by atoms with van der Waals surface area (Å²) in [6, 6.07) is 17.8. The third-order valence-corrected chi connectivity index (χ3v) is 3.78. The van der Waals surface area contributed by atoms with E-state index in [1.165, 1.54) is 4.90 Å². The Balaban J connectivity index is 2.05. The van der Waals surface area contributed by atoms with Gasteiger partial charge >= 0.3 is 0 Å². The summed E-state index contributed by atoms with van der Waals surface area (Å²) >= 11 is 1.70. The van der Waals surface area contributed by atoms with Crippen molar-refractivity contribution in [3.8, 4) is 22.8 Å². The minimum Gasteiger partial charge on any atom is -0.368 e. The molecule has 2 aromatic carbocycles. The van der Waals surface area contributed by atoms with E-state index in [1.807, 2.05) is 60.9 Å². The Kier molecular flexibility index (Phi) is 3.83. The number of nitrogen functional groups attached to an aromatic ring is 1. The molecule has 0 radical (unpaired) electrons. The zero-order chi connectivity index (χ0) is 14.7. The van der Waals surface area contributed by atoms with Gasteiger partial charge in [0.05, 0.1) is 0 Å². The molecule has 0 aliphatic rings. The highest BCUT2D eigenvalue weighted by molar-refractivity contribution is 7.98. The Morgan fingerprint density at radius 2 is 1.33 bits per heavy atom. The van der Waals surface area contributed by atoms with Gasteiger partial charge in [0.2, 0.25) is 5.95 Å². The van der Waals surface area contributed by atoms with Gasteiger partial charge in [-0.2, -0.15) is 9.97 Å². The first-order chi connectivity index (χ1) is 10.3. The number of hydrogen-bond donors (Lipinski definition) is 1. The molecule has 0 aliphatic carbocycles. The van der Waals surface area contributed by atoms with Gasteiger partial charge in [0, 0.05) is 16.0 Å². The fraction of sp³-hybridized carbons (Fsp3) is 0.0625. The molecule has 5 heteroatoms. The van der Waals surface area contributed by atoms with E-state index in [9.17, 15) is 0 Å².